The Hall–Kier alpha value is -0.313. The Morgan fingerprint density at radius 2 is 1.33 bits per heavy atom. The zero-order chi connectivity index (χ0) is 13.0. The summed E-state index contributed by atoms with van der Waals surface area (Å²) >= 11 is 0. The van der Waals surface area contributed by atoms with Gasteiger partial charge in [-0.15, -0.1) is 0 Å². The predicted octanol–water partition coefficient (Wildman–Crippen LogP) is 4.61. The smallest absolute Gasteiger partial charge is 0.293 e. The highest BCUT2D eigenvalue weighted by Crippen LogP contribution is 2.48. The summed E-state index contributed by atoms with van der Waals surface area (Å²) in [6.45, 7) is 5.81. The first-order valence-corrected chi connectivity index (χ1v) is 10.2. The molecule has 2 aliphatic carbocycles. The van der Waals surface area contributed by atoms with E-state index in [1.807, 2.05) is 0 Å². The third kappa shape index (κ3) is 3.17. The largest absolute Gasteiger partial charge is 0.519 e. The van der Waals surface area contributed by atoms with Gasteiger partial charge in [-0.25, -0.2) is 0 Å². The second-order valence-electron chi connectivity index (χ2n) is 6.33. The zero-order valence-electron chi connectivity index (χ0n) is 11.7. The van der Waals surface area contributed by atoms with Gasteiger partial charge in [0, 0.05) is 0 Å². The monoisotopic (exact) mass is 267 g/mol. The molecule has 0 spiro atoms. The first-order chi connectivity index (χ1) is 8.63. The summed E-state index contributed by atoms with van der Waals surface area (Å²) in [6, 6.07) is 0. The minimum absolute atomic E-state index is 0.277. The van der Waals surface area contributed by atoms with Crippen molar-refractivity contribution in [3.05, 3.63) is 6.92 Å². The van der Waals surface area contributed by atoms with Gasteiger partial charge in [-0.1, -0.05) is 38.5 Å². The first kappa shape index (κ1) is 14.1. The van der Waals surface area contributed by atoms with Crippen molar-refractivity contribution in [1.29, 1.82) is 0 Å². The van der Waals surface area contributed by atoms with E-state index in [-0.39, 0.29) is 5.97 Å². The number of rotatable bonds is 3. The molecule has 18 heavy (non-hydrogen) atoms. The van der Waals surface area contributed by atoms with Crippen LogP contribution in [0.15, 0.2) is 0 Å². The molecule has 0 aromatic carbocycles. The molecule has 2 nitrogen and oxygen atoms in total. The normalized spacial score (nSPS) is 23.9. The number of hydrogen-bond donors (Lipinski definition) is 0. The summed E-state index contributed by atoms with van der Waals surface area (Å²) in [4.78, 5) is 11.4. The average Bonchev–Trinajstić information content (AvgIpc) is 2.40. The quantitative estimate of drug-likeness (QED) is 0.698. The second kappa shape index (κ2) is 6.22. The second-order valence-corrected chi connectivity index (χ2v) is 10.5. The average molecular weight is 267 g/mol. The molecule has 1 radical (unpaired) electrons. The molecule has 0 heterocycles. The number of carbonyl (C=O) groups is 1. The van der Waals surface area contributed by atoms with E-state index in [1.165, 1.54) is 64.2 Å². The summed E-state index contributed by atoms with van der Waals surface area (Å²) in [5.74, 6) is -0.277. The van der Waals surface area contributed by atoms with Crippen molar-refractivity contribution in [2.24, 2.45) is 0 Å². The molecular weight excluding hydrogens is 240 g/mol. The molecule has 0 unspecified atom stereocenters. The van der Waals surface area contributed by atoms with Crippen LogP contribution < -0.4 is 0 Å². The third-order valence-electron chi connectivity index (χ3n) is 5.17. The van der Waals surface area contributed by atoms with Crippen LogP contribution in [0, 0.1) is 6.92 Å². The molecule has 0 aromatic heterocycles. The summed E-state index contributed by atoms with van der Waals surface area (Å²) < 4.78 is 5.91. The maximum atomic E-state index is 11.4. The van der Waals surface area contributed by atoms with E-state index in [0.29, 0.717) is 11.1 Å². The van der Waals surface area contributed by atoms with Crippen molar-refractivity contribution < 1.29 is 9.22 Å². The van der Waals surface area contributed by atoms with Crippen LogP contribution in [-0.4, -0.2) is 14.3 Å². The van der Waals surface area contributed by atoms with E-state index >= 15 is 0 Å². The van der Waals surface area contributed by atoms with Crippen LogP contribution in [0.2, 0.25) is 17.6 Å². The minimum atomic E-state index is -1.92. The van der Waals surface area contributed by atoms with Gasteiger partial charge >= 0.3 is 0 Å². The van der Waals surface area contributed by atoms with Crippen molar-refractivity contribution in [2.45, 2.75) is 81.8 Å². The molecule has 0 bridgehead atoms. The Labute approximate surface area is 113 Å². The fraction of sp³-hybridized carbons (Fsp3) is 0.867. The molecular formula is C15H27O2Si. The van der Waals surface area contributed by atoms with Gasteiger partial charge in [0.1, 0.15) is 0 Å². The van der Waals surface area contributed by atoms with Gasteiger partial charge in [-0.2, -0.15) is 0 Å². The molecule has 3 heteroatoms. The van der Waals surface area contributed by atoms with Gasteiger partial charge in [0.2, 0.25) is 0 Å². The standard InChI is InChI=1S/C15H27O2Si/c1-13(16)17-18(2,14-9-5-3-6-10-14)15-11-7-4-8-12-15/h14-15H,1,3-12H2,2H3. The van der Waals surface area contributed by atoms with E-state index < -0.39 is 8.32 Å². The van der Waals surface area contributed by atoms with Crippen molar-refractivity contribution in [2.75, 3.05) is 0 Å². The Balaban J connectivity index is 2.11. The first-order valence-electron chi connectivity index (χ1n) is 7.68. The lowest BCUT2D eigenvalue weighted by Crippen LogP contribution is -2.47. The topological polar surface area (TPSA) is 26.3 Å². The van der Waals surface area contributed by atoms with Gasteiger partial charge in [-0.3, -0.25) is 4.79 Å². The predicted molar refractivity (Wildman–Crippen MR) is 76.7 cm³/mol. The number of carbonyl (C=O) groups excluding carboxylic acids is 1. The summed E-state index contributed by atoms with van der Waals surface area (Å²) in [5.41, 5.74) is 1.39. The highest BCUT2D eigenvalue weighted by atomic mass is 28.4. The van der Waals surface area contributed by atoms with Crippen molar-refractivity contribution >= 4 is 14.3 Å². The highest BCUT2D eigenvalue weighted by molar-refractivity contribution is 6.76. The van der Waals surface area contributed by atoms with Gasteiger partial charge in [0.15, 0.2) is 0 Å². The van der Waals surface area contributed by atoms with Crippen LogP contribution in [0.3, 0.4) is 0 Å². The molecule has 2 fully saturated rings. The van der Waals surface area contributed by atoms with Crippen molar-refractivity contribution in [3.63, 3.8) is 0 Å². The van der Waals surface area contributed by atoms with Gasteiger partial charge in [0.25, 0.3) is 14.3 Å². The maximum Gasteiger partial charge on any atom is 0.293 e. The van der Waals surface area contributed by atoms with E-state index in [2.05, 4.69) is 13.5 Å². The summed E-state index contributed by atoms with van der Waals surface area (Å²) in [7, 11) is -1.92. The lowest BCUT2D eigenvalue weighted by Gasteiger charge is -2.43. The molecule has 2 saturated carbocycles. The van der Waals surface area contributed by atoms with Crippen LogP contribution in [0.5, 0.6) is 0 Å². The summed E-state index contributed by atoms with van der Waals surface area (Å²) in [5, 5.41) is 0. The van der Waals surface area contributed by atoms with Crippen LogP contribution in [0.1, 0.15) is 64.2 Å². The lowest BCUT2D eigenvalue weighted by molar-refractivity contribution is -0.130. The maximum absolute atomic E-state index is 11.4. The highest BCUT2D eigenvalue weighted by Gasteiger charge is 2.48. The SMILES string of the molecule is [CH2]C(=O)O[Si](C)(C1CCCCC1)C1CCCCC1. The molecule has 0 N–H and O–H groups in total. The molecule has 0 aliphatic heterocycles. The summed E-state index contributed by atoms with van der Waals surface area (Å²) in [6.07, 6.45) is 13.2. The molecule has 0 saturated heterocycles. The van der Waals surface area contributed by atoms with Gasteiger partial charge in [-0.05, 0) is 43.3 Å². The van der Waals surface area contributed by atoms with Gasteiger partial charge in [0.05, 0.1) is 6.92 Å². The lowest BCUT2D eigenvalue weighted by atomic mass is 9.99. The molecule has 0 aromatic rings. The Morgan fingerprint density at radius 1 is 0.944 bits per heavy atom. The molecule has 103 valence electrons. The Morgan fingerprint density at radius 3 is 1.67 bits per heavy atom. The van der Waals surface area contributed by atoms with Crippen LogP contribution in [-0.2, 0) is 9.22 Å². The zero-order valence-corrected chi connectivity index (χ0v) is 12.7. The van der Waals surface area contributed by atoms with Crippen molar-refractivity contribution in [1.82, 2.24) is 0 Å². The molecule has 2 aliphatic rings. The van der Waals surface area contributed by atoms with E-state index in [0.717, 1.165) is 0 Å². The fourth-order valence-corrected chi connectivity index (χ4v) is 8.70. The van der Waals surface area contributed by atoms with E-state index in [9.17, 15) is 4.79 Å². The van der Waals surface area contributed by atoms with Crippen LogP contribution in [0.25, 0.3) is 0 Å². The van der Waals surface area contributed by atoms with Crippen LogP contribution in [0.4, 0.5) is 0 Å². The Bertz CT molecular complexity index is 260. The number of hydrogen-bond acceptors (Lipinski definition) is 2. The van der Waals surface area contributed by atoms with E-state index in [4.69, 9.17) is 4.43 Å². The fourth-order valence-electron chi connectivity index (χ4n) is 4.10. The molecule has 0 atom stereocenters. The third-order valence-corrected chi connectivity index (χ3v) is 10.2. The minimum Gasteiger partial charge on any atom is -0.519 e. The molecule has 2 rings (SSSR count). The Kier molecular flexibility index (Phi) is 4.88. The van der Waals surface area contributed by atoms with Gasteiger partial charge < -0.3 is 4.43 Å². The van der Waals surface area contributed by atoms with Crippen molar-refractivity contribution in [3.8, 4) is 0 Å². The van der Waals surface area contributed by atoms with Crippen LogP contribution >= 0.6 is 0 Å². The molecule has 0 amide bonds. The van der Waals surface area contributed by atoms with E-state index in [1.54, 1.807) is 0 Å².